The van der Waals surface area contributed by atoms with E-state index in [0.29, 0.717) is 10.5 Å². The highest BCUT2D eigenvalue weighted by Gasteiger charge is 2.28. The Morgan fingerprint density at radius 2 is 2.00 bits per heavy atom. The second-order valence-electron chi connectivity index (χ2n) is 5.84. The predicted octanol–water partition coefficient (Wildman–Crippen LogP) is 5.97. The van der Waals surface area contributed by atoms with Crippen molar-refractivity contribution in [3.63, 3.8) is 0 Å². The summed E-state index contributed by atoms with van der Waals surface area (Å²) in [6, 6.07) is 8.00. The van der Waals surface area contributed by atoms with E-state index in [1.165, 1.54) is 5.56 Å². The first kappa shape index (κ1) is 18.8. The highest BCUT2D eigenvalue weighted by molar-refractivity contribution is 14.1. The summed E-state index contributed by atoms with van der Waals surface area (Å²) in [7, 11) is 0. The van der Waals surface area contributed by atoms with Crippen molar-refractivity contribution in [1.29, 1.82) is 0 Å². The lowest BCUT2D eigenvalue weighted by atomic mass is 9.87. The summed E-state index contributed by atoms with van der Waals surface area (Å²) in [6.07, 6.45) is 4.04. The number of hydrogen-bond donors (Lipinski definition) is 0. The lowest BCUT2D eigenvalue weighted by Crippen LogP contribution is -2.26. The van der Waals surface area contributed by atoms with Gasteiger partial charge < -0.3 is 4.74 Å². The summed E-state index contributed by atoms with van der Waals surface area (Å²) >= 11 is 8.66. The van der Waals surface area contributed by atoms with Crippen LogP contribution in [0, 0.1) is 5.41 Å². The standard InChI is InChI=1S/C17H24ClIO2/c1-4-21-16(20)17(2,3)12-8-7-11-15(19)13-9-5-6-10-14(13)18/h5-6,9-10,15H,4,7-8,11-12H2,1-3H3/t15-/m0/s1. The van der Waals surface area contributed by atoms with Crippen molar-refractivity contribution in [2.45, 2.75) is 50.4 Å². The smallest absolute Gasteiger partial charge is 0.311 e. The molecular formula is C17H24ClIO2. The molecule has 0 unspecified atom stereocenters. The van der Waals surface area contributed by atoms with Crippen molar-refractivity contribution in [2.75, 3.05) is 6.61 Å². The van der Waals surface area contributed by atoms with Gasteiger partial charge in [0.25, 0.3) is 0 Å². The van der Waals surface area contributed by atoms with Gasteiger partial charge >= 0.3 is 5.97 Å². The monoisotopic (exact) mass is 422 g/mol. The van der Waals surface area contributed by atoms with Crippen LogP contribution >= 0.6 is 34.2 Å². The fourth-order valence-electron chi connectivity index (χ4n) is 2.20. The molecule has 0 radical (unpaired) electrons. The van der Waals surface area contributed by atoms with Gasteiger partial charge in [0.2, 0.25) is 0 Å². The maximum absolute atomic E-state index is 11.8. The third kappa shape index (κ3) is 6.15. The second kappa shape index (κ2) is 8.99. The van der Waals surface area contributed by atoms with Crippen LogP contribution < -0.4 is 0 Å². The minimum Gasteiger partial charge on any atom is -0.466 e. The van der Waals surface area contributed by atoms with E-state index < -0.39 is 0 Å². The Balaban J connectivity index is 2.37. The molecule has 0 bridgehead atoms. The van der Waals surface area contributed by atoms with Gasteiger partial charge in [-0.25, -0.2) is 0 Å². The average molecular weight is 423 g/mol. The molecule has 118 valence electrons. The van der Waals surface area contributed by atoms with Crippen molar-refractivity contribution in [2.24, 2.45) is 5.41 Å². The second-order valence-corrected chi connectivity index (χ2v) is 7.75. The largest absolute Gasteiger partial charge is 0.466 e. The van der Waals surface area contributed by atoms with Gasteiger partial charge in [-0.1, -0.05) is 65.2 Å². The topological polar surface area (TPSA) is 26.3 Å². The number of halogens is 2. The van der Waals surface area contributed by atoms with E-state index in [9.17, 15) is 4.79 Å². The number of benzene rings is 1. The normalized spacial score (nSPS) is 13.0. The molecule has 2 nitrogen and oxygen atoms in total. The lowest BCUT2D eigenvalue weighted by Gasteiger charge is -2.22. The molecule has 0 saturated carbocycles. The Kier molecular flexibility index (Phi) is 8.03. The van der Waals surface area contributed by atoms with Crippen LogP contribution in [0.15, 0.2) is 24.3 Å². The molecular weight excluding hydrogens is 399 g/mol. The first-order valence-corrected chi connectivity index (χ1v) is 9.06. The van der Waals surface area contributed by atoms with Gasteiger partial charge in [0.15, 0.2) is 0 Å². The highest BCUT2D eigenvalue weighted by Crippen LogP contribution is 2.34. The number of rotatable bonds is 8. The Morgan fingerprint density at radius 3 is 2.62 bits per heavy atom. The molecule has 0 aromatic heterocycles. The number of unbranched alkanes of at least 4 members (excludes halogenated alkanes) is 1. The van der Waals surface area contributed by atoms with Crippen molar-refractivity contribution >= 4 is 40.2 Å². The summed E-state index contributed by atoms with van der Waals surface area (Å²) in [5.41, 5.74) is 0.811. The molecule has 0 aliphatic heterocycles. The van der Waals surface area contributed by atoms with Gasteiger partial charge in [-0.15, -0.1) is 0 Å². The van der Waals surface area contributed by atoms with Crippen molar-refractivity contribution in [1.82, 2.24) is 0 Å². The van der Waals surface area contributed by atoms with E-state index >= 15 is 0 Å². The molecule has 0 spiro atoms. The van der Waals surface area contributed by atoms with Crippen LogP contribution in [0.2, 0.25) is 5.02 Å². The third-order valence-electron chi connectivity index (χ3n) is 3.58. The van der Waals surface area contributed by atoms with E-state index in [2.05, 4.69) is 28.7 Å². The fraction of sp³-hybridized carbons (Fsp3) is 0.588. The molecule has 1 aromatic carbocycles. The quantitative estimate of drug-likeness (QED) is 0.223. The van der Waals surface area contributed by atoms with E-state index in [0.717, 1.165) is 30.7 Å². The number of esters is 1. The van der Waals surface area contributed by atoms with Gasteiger partial charge in [0, 0.05) is 8.95 Å². The third-order valence-corrected chi connectivity index (χ3v) is 5.22. The average Bonchev–Trinajstić information content (AvgIpc) is 2.44. The minimum atomic E-state index is -0.388. The lowest BCUT2D eigenvalue weighted by molar-refractivity contribution is -0.153. The maximum atomic E-state index is 11.8. The zero-order chi connectivity index (χ0) is 15.9. The van der Waals surface area contributed by atoms with E-state index in [-0.39, 0.29) is 11.4 Å². The van der Waals surface area contributed by atoms with Crippen LogP contribution in [0.4, 0.5) is 0 Å². The van der Waals surface area contributed by atoms with E-state index in [4.69, 9.17) is 16.3 Å². The Hall–Kier alpha value is -0.290. The number of carbonyl (C=O) groups is 1. The van der Waals surface area contributed by atoms with Crippen molar-refractivity contribution < 1.29 is 9.53 Å². The highest BCUT2D eigenvalue weighted by atomic mass is 127. The molecule has 1 rings (SSSR count). The zero-order valence-electron chi connectivity index (χ0n) is 13.0. The van der Waals surface area contributed by atoms with Crippen LogP contribution in [-0.2, 0) is 9.53 Å². The Bertz CT molecular complexity index is 460. The minimum absolute atomic E-state index is 0.0953. The van der Waals surface area contributed by atoms with Crippen molar-refractivity contribution in [3.8, 4) is 0 Å². The van der Waals surface area contributed by atoms with Crippen LogP contribution in [0.1, 0.15) is 55.9 Å². The molecule has 1 aromatic rings. The first-order chi connectivity index (χ1) is 9.88. The van der Waals surface area contributed by atoms with Crippen LogP contribution in [-0.4, -0.2) is 12.6 Å². The molecule has 0 N–H and O–H groups in total. The maximum Gasteiger partial charge on any atom is 0.311 e. The summed E-state index contributed by atoms with van der Waals surface area (Å²) < 4.78 is 5.53. The van der Waals surface area contributed by atoms with Gasteiger partial charge in [-0.2, -0.15) is 0 Å². The molecule has 4 heteroatoms. The molecule has 0 amide bonds. The summed E-state index contributed by atoms with van der Waals surface area (Å²) in [5, 5.41) is 0.837. The molecule has 0 aliphatic carbocycles. The van der Waals surface area contributed by atoms with E-state index in [1.807, 2.05) is 39.0 Å². The SMILES string of the molecule is CCOC(=O)C(C)(C)CCCC[C@H](I)c1ccccc1Cl. The molecule has 0 heterocycles. The number of carbonyl (C=O) groups excluding carboxylic acids is 1. The molecule has 0 saturated heterocycles. The van der Waals surface area contributed by atoms with Gasteiger partial charge in [0.05, 0.1) is 12.0 Å². The number of ether oxygens (including phenoxy) is 1. The van der Waals surface area contributed by atoms with Crippen LogP contribution in [0.5, 0.6) is 0 Å². The summed E-state index contributed by atoms with van der Waals surface area (Å²) in [4.78, 5) is 11.8. The number of alkyl halides is 1. The first-order valence-electron chi connectivity index (χ1n) is 7.44. The summed E-state index contributed by atoms with van der Waals surface area (Å²) in [5.74, 6) is -0.0953. The van der Waals surface area contributed by atoms with Gasteiger partial charge in [-0.05, 0) is 45.2 Å². The van der Waals surface area contributed by atoms with Crippen LogP contribution in [0.3, 0.4) is 0 Å². The van der Waals surface area contributed by atoms with Crippen molar-refractivity contribution in [3.05, 3.63) is 34.9 Å². The molecule has 1 atom stereocenters. The molecule has 0 aliphatic rings. The van der Waals surface area contributed by atoms with Gasteiger partial charge in [-0.3, -0.25) is 4.79 Å². The Morgan fingerprint density at radius 1 is 1.33 bits per heavy atom. The molecule has 21 heavy (non-hydrogen) atoms. The predicted molar refractivity (Wildman–Crippen MR) is 97.1 cm³/mol. The summed E-state index contributed by atoms with van der Waals surface area (Å²) in [6.45, 7) is 6.21. The Labute approximate surface area is 146 Å². The number of hydrogen-bond acceptors (Lipinski definition) is 2. The fourth-order valence-corrected chi connectivity index (χ4v) is 3.64. The van der Waals surface area contributed by atoms with Crippen LogP contribution in [0.25, 0.3) is 0 Å². The molecule has 0 fully saturated rings. The zero-order valence-corrected chi connectivity index (χ0v) is 15.9. The van der Waals surface area contributed by atoms with Gasteiger partial charge in [0.1, 0.15) is 0 Å². The van der Waals surface area contributed by atoms with E-state index in [1.54, 1.807) is 0 Å².